The zero-order chi connectivity index (χ0) is 14.3. The molecule has 0 aliphatic heterocycles. The molecule has 0 amide bonds. The molecule has 0 heterocycles. The molecule has 0 saturated carbocycles. The number of nitrogens with one attached hydrogen (secondary N) is 1. The molecule has 0 spiro atoms. The minimum Gasteiger partial charge on any atom is -0.435 e. The molecule has 3 nitrogen and oxygen atoms in total. The van der Waals surface area contributed by atoms with Gasteiger partial charge in [0.1, 0.15) is 5.75 Å². The lowest BCUT2D eigenvalue weighted by Crippen LogP contribution is -2.26. The van der Waals surface area contributed by atoms with Gasteiger partial charge in [0.25, 0.3) is 0 Å². The van der Waals surface area contributed by atoms with Crippen LogP contribution in [0.15, 0.2) is 24.3 Å². The molecule has 5 heteroatoms. The lowest BCUT2D eigenvalue weighted by Gasteiger charge is -2.20. The van der Waals surface area contributed by atoms with Crippen molar-refractivity contribution in [2.45, 2.75) is 39.5 Å². The van der Waals surface area contributed by atoms with Gasteiger partial charge in [0.2, 0.25) is 0 Å². The van der Waals surface area contributed by atoms with Crippen LogP contribution in [0.1, 0.15) is 32.4 Å². The summed E-state index contributed by atoms with van der Waals surface area (Å²) in [5.74, 6) is 0.166. The van der Waals surface area contributed by atoms with Crippen LogP contribution in [-0.4, -0.2) is 25.9 Å². The van der Waals surface area contributed by atoms with E-state index in [4.69, 9.17) is 4.74 Å². The van der Waals surface area contributed by atoms with Crippen LogP contribution in [0.25, 0.3) is 0 Å². The standard InChI is InChI=1S/C14H21F2NO2/c1-4-17-13(9-18-10(2)3)11-5-7-12(8-6-11)19-14(15)16/h5-8,10,13-14,17H,4,9H2,1-3H3. The molecule has 1 atom stereocenters. The normalized spacial score (nSPS) is 13.0. The van der Waals surface area contributed by atoms with Gasteiger partial charge < -0.3 is 14.8 Å². The first kappa shape index (κ1) is 15.9. The average molecular weight is 273 g/mol. The number of halogens is 2. The van der Waals surface area contributed by atoms with E-state index in [0.717, 1.165) is 12.1 Å². The van der Waals surface area contributed by atoms with E-state index in [2.05, 4.69) is 10.1 Å². The Balaban J connectivity index is 2.67. The minimum atomic E-state index is -2.79. The summed E-state index contributed by atoms with van der Waals surface area (Å²) in [6.07, 6.45) is 0.155. The van der Waals surface area contributed by atoms with Crippen molar-refractivity contribution in [1.82, 2.24) is 5.32 Å². The predicted molar refractivity (Wildman–Crippen MR) is 70.6 cm³/mol. The van der Waals surface area contributed by atoms with E-state index in [1.165, 1.54) is 0 Å². The van der Waals surface area contributed by atoms with E-state index in [1.807, 2.05) is 20.8 Å². The third kappa shape index (κ3) is 5.98. The highest BCUT2D eigenvalue weighted by atomic mass is 19.3. The molecule has 1 rings (SSSR count). The van der Waals surface area contributed by atoms with Gasteiger partial charge in [0.15, 0.2) is 0 Å². The second-order valence-electron chi connectivity index (χ2n) is 4.44. The maximum atomic E-state index is 12.1. The number of hydrogen-bond acceptors (Lipinski definition) is 3. The molecule has 0 aliphatic carbocycles. The zero-order valence-electron chi connectivity index (χ0n) is 11.5. The van der Waals surface area contributed by atoms with E-state index in [9.17, 15) is 8.78 Å². The molecule has 19 heavy (non-hydrogen) atoms. The summed E-state index contributed by atoms with van der Waals surface area (Å²) in [7, 11) is 0. The highest BCUT2D eigenvalue weighted by molar-refractivity contribution is 5.29. The fourth-order valence-corrected chi connectivity index (χ4v) is 1.69. The Morgan fingerprint density at radius 1 is 1.16 bits per heavy atom. The van der Waals surface area contributed by atoms with Gasteiger partial charge in [-0.1, -0.05) is 19.1 Å². The lowest BCUT2D eigenvalue weighted by molar-refractivity contribution is -0.0498. The molecule has 1 unspecified atom stereocenters. The summed E-state index contributed by atoms with van der Waals surface area (Å²) >= 11 is 0. The van der Waals surface area contributed by atoms with Crippen molar-refractivity contribution in [3.05, 3.63) is 29.8 Å². The van der Waals surface area contributed by atoms with Gasteiger partial charge >= 0.3 is 6.61 Å². The number of hydrogen-bond donors (Lipinski definition) is 1. The maximum Gasteiger partial charge on any atom is 0.387 e. The van der Waals surface area contributed by atoms with Crippen molar-refractivity contribution in [3.63, 3.8) is 0 Å². The molecule has 1 aromatic rings. The topological polar surface area (TPSA) is 30.5 Å². The van der Waals surface area contributed by atoms with Gasteiger partial charge in [-0.15, -0.1) is 0 Å². The van der Waals surface area contributed by atoms with Crippen molar-refractivity contribution in [2.75, 3.05) is 13.2 Å². The van der Waals surface area contributed by atoms with Crippen molar-refractivity contribution in [1.29, 1.82) is 0 Å². The van der Waals surface area contributed by atoms with E-state index in [0.29, 0.717) is 6.61 Å². The summed E-state index contributed by atoms with van der Waals surface area (Å²) < 4.78 is 34.0. The number of alkyl halides is 2. The summed E-state index contributed by atoms with van der Waals surface area (Å²) in [4.78, 5) is 0. The van der Waals surface area contributed by atoms with E-state index < -0.39 is 6.61 Å². The van der Waals surface area contributed by atoms with Crippen molar-refractivity contribution in [3.8, 4) is 5.75 Å². The first-order valence-electron chi connectivity index (χ1n) is 6.42. The minimum absolute atomic E-state index is 0.0491. The smallest absolute Gasteiger partial charge is 0.387 e. The van der Waals surface area contributed by atoms with Crippen LogP contribution in [0.3, 0.4) is 0 Å². The van der Waals surface area contributed by atoms with Gasteiger partial charge in [-0.2, -0.15) is 8.78 Å². The molecule has 0 aliphatic rings. The van der Waals surface area contributed by atoms with Crippen LogP contribution < -0.4 is 10.1 Å². The molecule has 1 N–H and O–H groups in total. The van der Waals surface area contributed by atoms with E-state index in [1.54, 1.807) is 24.3 Å². The largest absolute Gasteiger partial charge is 0.435 e. The number of ether oxygens (including phenoxy) is 2. The predicted octanol–water partition coefficient (Wildman–Crippen LogP) is 3.36. The van der Waals surface area contributed by atoms with E-state index in [-0.39, 0.29) is 17.9 Å². The Morgan fingerprint density at radius 2 is 1.79 bits per heavy atom. The second-order valence-corrected chi connectivity index (χ2v) is 4.44. The average Bonchev–Trinajstić information content (AvgIpc) is 2.34. The zero-order valence-corrected chi connectivity index (χ0v) is 11.5. The van der Waals surface area contributed by atoms with Crippen LogP contribution in [0.2, 0.25) is 0 Å². The summed E-state index contributed by atoms with van der Waals surface area (Å²) in [6, 6.07) is 6.68. The van der Waals surface area contributed by atoms with Gasteiger partial charge in [-0.05, 0) is 38.1 Å². The van der Waals surface area contributed by atoms with Gasteiger partial charge in [0, 0.05) is 0 Å². The third-order valence-corrected chi connectivity index (χ3v) is 2.55. The Kier molecular flexibility index (Phi) is 6.73. The summed E-state index contributed by atoms with van der Waals surface area (Å²) in [5, 5.41) is 3.30. The van der Waals surface area contributed by atoms with Crippen LogP contribution in [-0.2, 0) is 4.74 Å². The molecule has 0 fully saturated rings. The molecule has 108 valence electrons. The van der Waals surface area contributed by atoms with Crippen molar-refractivity contribution in [2.24, 2.45) is 0 Å². The van der Waals surface area contributed by atoms with Gasteiger partial charge in [-0.3, -0.25) is 0 Å². The molecule has 0 bridgehead atoms. The van der Waals surface area contributed by atoms with Crippen LogP contribution in [0.5, 0.6) is 5.75 Å². The fraction of sp³-hybridized carbons (Fsp3) is 0.571. The fourth-order valence-electron chi connectivity index (χ4n) is 1.69. The van der Waals surface area contributed by atoms with Crippen LogP contribution in [0.4, 0.5) is 8.78 Å². The highest BCUT2D eigenvalue weighted by Gasteiger charge is 2.12. The quantitative estimate of drug-likeness (QED) is 0.787. The number of benzene rings is 1. The lowest BCUT2D eigenvalue weighted by atomic mass is 10.1. The molecule has 0 aromatic heterocycles. The Labute approximate surface area is 112 Å². The van der Waals surface area contributed by atoms with Crippen molar-refractivity contribution >= 4 is 0 Å². The Bertz CT molecular complexity index is 355. The molecule has 0 radical (unpaired) electrons. The van der Waals surface area contributed by atoms with Gasteiger partial charge in [0.05, 0.1) is 18.8 Å². The number of rotatable bonds is 8. The monoisotopic (exact) mass is 273 g/mol. The molecular formula is C14H21F2NO2. The summed E-state index contributed by atoms with van der Waals surface area (Å²) in [6.45, 7) is 4.52. The van der Waals surface area contributed by atoms with Crippen molar-refractivity contribution < 1.29 is 18.3 Å². The van der Waals surface area contributed by atoms with E-state index >= 15 is 0 Å². The first-order valence-corrected chi connectivity index (χ1v) is 6.42. The summed E-state index contributed by atoms with van der Waals surface area (Å²) in [5.41, 5.74) is 0.990. The SMILES string of the molecule is CCNC(COC(C)C)c1ccc(OC(F)F)cc1. The second kappa shape index (κ2) is 8.07. The Hall–Kier alpha value is -1.20. The first-order chi connectivity index (χ1) is 9.02. The maximum absolute atomic E-state index is 12.1. The Morgan fingerprint density at radius 3 is 2.26 bits per heavy atom. The number of likely N-dealkylation sites (N-methyl/N-ethyl adjacent to an activating group) is 1. The molecule has 1 aromatic carbocycles. The van der Waals surface area contributed by atoms with Crippen LogP contribution >= 0.6 is 0 Å². The van der Waals surface area contributed by atoms with Gasteiger partial charge in [-0.25, -0.2) is 0 Å². The molecule has 0 saturated heterocycles. The van der Waals surface area contributed by atoms with Crippen LogP contribution in [0, 0.1) is 0 Å². The third-order valence-electron chi connectivity index (χ3n) is 2.55. The highest BCUT2D eigenvalue weighted by Crippen LogP contribution is 2.20. The molecular weight excluding hydrogens is 252 g/mol.